The highest BCUT2D eigenvalue weighted by Crippen LogP contribution is 2.25. The van der Waals surface area contributed by atoms with Crippen LogP contribution in [0.15, 0.2) is 71.8 Å². The highest BCUT2D eigenvalue weighted by Gasteiger charge is 2.13. The lowest BCUT2D eigenvalue weighted by Crippen LogP contribution is -2.05. The number of nitrogens with zero attached hydrogens (tertiary/aromatic N) is 1. The summed E-state index contributed by atoms with van der Waals surface area (Å²) in [7, 11) is -2.01. The summed E-state index contributed by atoms with van der Waals surface area (Å²) in [6, 6.07) is 18.1. The van der Waals surface area contributed by atoms with Gasteiger partial charge in [-0.3, -0.25) is 4.98 Å². The average Bonchev–Trinajstić information content (AvgIpc) is 2.76. The van der Waals surface area contributed by atoms with Crippen LogP contribution < -0.4 is 4.74 Å². The first kappa shape index (κ1) is 21.5. The first-order valence-corrected chi connectivity index (χ1v) is 11.3. The molecule has 1 aromatic heterocycles. The number of rotatable bonds is 8. The first-order chi connectivity index (χ1) is 14.4. The molecule has 0 radical (unpaired) electrons. The smallest absolute Gasteiger partial charge is 0.339 e. The van der Waals surface area contributed by atoms with Gasteiger partial charge >= 0.3 is 5.97 Å². The zero-order valence-electron chi connectivity index (χ0n) is 16.9. The lowest BCUT2D eigenvalue weighted by Gasteiger charge is -2.13. The van der Waals surface area contributed by atoms with Crippen LogP contribution in [0.1, 0.15) is 27.2 Å². The van der Waals surface area contributed by atoms with Crippen LogP contribution in [0.4, 0.5) is 0 Å². The minimum atomic E-state index is -3.33. The van der Waals surface area contributed by atoms with E-state index in [2.05, 4.69) is 9.72 Å². The summed E-state index contributed by atoms with van der Waals surface area (Å²) < 4.78 is 34.6. The van der Waals surface area contributed by atoms with Gasteiger partial charge in [0.1, 0.15) is 12.4 Å². The Balaban J connectivity index is 1.78. The van der Waals surface area contributed by atoms with E-state index in [1.165, 1.54) is 19.6 Å². The average molecular weight is 426 g/mol. The second-order valence-electron chi connectivity index (χ2n) is 6.85. The molecule has 0 spiro atoms. The number of sulfone groups is 1. The molecule has 2 aromatic carbocycles. The third kappa shape index (κ3) is 5.67. The Morgan fingerprint density at radius 2 is 1.77 bits per heavy atom. The lowest BCUT2D eigenvalue weighted by atomic mass is 10.1. The van der Waals surface area contributed by atoms with Crippen molar-refractivity contribution in [1.82, 2.24) is 4.98 Å². The quantitative estimate of drug-likeness (QED) is 0.513. The van der Waals surface area contributed by atoms with E-state index in [4.69, 9.17) is 4.74 Å². The van der Waals surface area contributed by atoms with E-state index in [9.17, 15) is 13.2 Å². The maximum Gasteiger partial charge on any atom is 0.339 e. The highest BCUT2D eigenvalue weighted by atomic mass is 32.2. The van der Waals surface area contributed by atoms with Gasteiger partial charge in [-0.25, -0.2) is 13.2 Å². The number of aryl methyl sites for hydroxylation is 2. The van der Waals surface area contributed by atoms with Gasteiger partial charge in [0.05, 0.1) is 17.6 Å². The van der Waals surface area contributed by atoms with Crippen LogP contribution in [0.25, 0.3) is 0 Å². The topological polar surface area (TPSA) is 82.6 Å². The summed E-state index contributed by atoms with van der Waals surface area (Å²) in [6.07, 6.45) is 3.76. The zero-order chi connectivity index (χ0) is 21.6. The first-order valence-electron chi connectivity index (χ1n) is 9.40. The number of carbonyl (C=O) groups is 1. The Morgan fingerprint density at radius 1 is 1.00 bits per heavy atom. The summed E-state index contributed by atoms with van der Waals surface area (Å²) in [4.78, 5) is 16.1. The van der Waals surface area contributed by atoms with Gasteiger partial charge in [-0.1, -0.05) is 30.3 Å². The molecule has 0 atom stereocenters. The van der Waals surface area contributed by atoms with E-state index in [1.54, 1.807) is 30.3 Å². The Kier molecular flexibility index (Phi) is 6.84. The number of hydrogen-bond acceptors (Lipinski definition) is 6. The fourth-order valence-corrected chi connectivity index (χ4v) is 3.60. The largest absolute Gasteiger partial charge is 0.489 e. The van der Waals surface area contributed by atoms with Crippen LogP contribution in [0.3, 0.4) is 0 Å². The molecule has 0 aliphatic rings. The summed E-state index contributed by atoms with van der Waals surface area (Å²) in [5.74, 6) is 0.198. The second-order valence-corrected chi connectivity index (χ2v) is 8.86. The summed E-state index contributed by atoms with van der Waals surface area (Å²) >= 11 is 0. The number of benzene rings is 2. The molecule has 1 heterocycles. The van der Waals surface area contributed by atoms with Crippen molar-refractivity contribution in [3.05, 3.63) is 89.2 Å². The van der Waals surface area contributed by atoms with Crippen molar-refractivity contribution in [1.29, 1.82) is 0 Å². The van der Waals surface area contributed by atoms with Gasteiger partial charge in [-0.2, -0.15) is 0 Å². The van der Waals surface area contributed by atoms with E-state index in [0.717, 1.165) is 16.8 Å². The molecule has 0 aliphatic carbocycles. The van der Waals surface area contributed by atoms with Gasteiger partial charge in [-0.05, 0) is 54.3 Å². The number of ether oxygens (including phenoxy) is 2. The van der Waals surface area contributed by atoms with Crippen molar-refractivity contribution in [3.8, 4) is 5.75 Å². The lowest BCUT2D eigenvalue weighted by molar-refractivity contribution is 0.0600. The molecule has 0 bridgehead atoms. The van der Waals surface area contributed by atoms with Gasteiger partial charge in [-0.15, -0.1) is 0 Å². The minimum Gasteiger partial charge on any atom is -0.489 e. The summed E-state index contributed by atoms with van der Waals surface area (Å²) in [5.41, 5.74) is 2.97. The maximum absolute atomic E-state index is 12.0. The van der Waals surface area contributed by atoms with Crippen molar-refractivity contribution >= 4 is 15.8 Å². The SMILES string of the molecule is COC(=O)c1ccc(CCc2cc(S(C)(=O)=O)ccc2OCc2ccccc2)nc1. The van der Waals surface area contributed by atoms with Crippen molar-refractivity contribution in [3.63, 3.8) is 0 Å². The van der Waals surface area contributed by atoms with Gasteiger partial charge < -0.3 is 9.47 Å². The molecule has 7 heteroatoms. The fourth-order valence-electron chi connectivity index (χ4n) is 2.93. The molecule has 3 rings (SSSR count). The van der Waals surface area contributed by atoms with Crippen LogP contribution in [0.5, 0.6) is 5.75 Å². The van der Waals surface area contributed by atoms with Crippen molar-refractivity contribution in [2.45, 2.75) is 24.3 Å². The third-order valence-corrected chi connectivity index (χ3v) is 5.70. The molecule has 0 amide bonds. The zero-order valence-corrected chi connectivity index (χ0v) is 17.7. The fraction of sp³-hybridized carbons (Fsp3) is 0.217. The van der Waals surface area contributed by atoms with E-state index < -0.39 is 15.8 Å². The summed E-state index contributed by atoms with van der Waals surface area (Å²) in [6.45, 7) is 0.387. The third-order valence-electron chi connectivity index (χ3n) is 4.59. The van der Waals surface area contributed by atoms with Crippen molar-refractivity contribution in [2.75, 3.05) is 13.4 Å². The molecule has 0 saturated carbocycles. The van der Waals surface area contributed by atoms with Crippen molar-refractivity contribution in [2.24, 2.45) is 0 Å². The predicted octanol–water partition coefficient (Wildman–Crippen LogP) is 3.64. The van der Waals surface area contributed by atoms with Gasteiger partial charge in [0.2, 0.25) is 0 Å². The minimum absolute atomic E-state index is 0.249. The Morgan fingerprint density at radius 3 is 2.40 bits per heavy atom. The molecule has 6 nitrogen and oxygen atoms in total. The molecule has 0 unspecified atom stereocenters. The van der Waals surface area contributed by atoms with E-state index in [-0.39, 0.29) is 4.90 Å². The number of carbonyl (C=O) groups excluding carboxylic acids is 1. The van der Waals surface area contributed by atoms with E-state index >= 15 is 0 Å². The van der Waals surface area contributed by atoms with E-state index in [0.29, 0.717) is 30.8 Å². The van der Waals surface area contributed by atoms with Crippen LogP contribution >= 0.6 is 0 Å². The van der Waals surface area contributed by atoms with Gasteiger partial charge in [0.25, 0.3) is 0 Å². The second kappa shape index (κ2) is 9.54. The molecular weight excluding hydrogens is 402 g/mol. The molecule has 0 saturated heterocycles. The highest BCUT2D eigenvalue weighted by molar-refractivity contribution is 7.90. The van der Waals surface area contributed by atoms with E-state index in [1.807, 2.05) is 30.3 Å². The standard InChI is InChI=1S/C23H23NO5S/c1-28-23(25)19-9-11-20(24-15-19)10-8-18-14-21(30(2,26)27)12-13-22(18)29-16-17-6-4-3-5-7-17/h3-7,9,11-15H,8,10,16H2,1-2H3. The maximum atomic E-state index is 12.0. The Bertz CT molecular complexity index is 1110. The molecule has 30 heavy (non-hydrogen) atoms. The predicted molar refractivity (Wildman–Crippen MR) is 113 cm³/mol. The van der Waals surface area contributed by atoms with Gasteiger partial charge in [0, 0.05) is 18.1 Å². The van der Waals surface area contributed by atoms with Crippen LogP contribution in [-0.4, -0.2) is 32.7 Å². The Hall–Kier alpha value is -3.19. The molecule has 0 fully saturated rings. The van der Waals surface area contributed by atoms with Crippen LogP contribution in [-0.2, 0) is 34.0 Å². The van der Waals surface area contributed by atoms with Crippen molar-refractivity contribution < 1.29 is 22.7 Å². The van der Waals surface area contributed by atoms with Gasteiger partial charge in [0.15, 0.2) is 9.84 Å². The summed E-state index contributed by atoms with van der Waals surface area (Å²) in [5, 5.41) is 0. The molecule has 3 aromatic rings. The number of pyridine rings is 1. The normalized spacial score (nSPS) is 11.1. The number of methoxy groups -OCH3 is 1. The number of aromatic nitrogens is 1. The number of esters is 1. The molecule has 0 aliphatic heterocycles. The molecule has 0 N–H and O–H groups in total. The van der Waals surface area contributed by atoms with Crippen LogP contribution in [0.2, 0.25) is 0 Å². The number of hydrogen-bond donors (Lipinski definition) is 0. The molecule has 156 valence electrons. The Labute approximate surface area is 176 Å². The monoisotopic (exact) mass is 425 g/mol. The molecular formula is C23H23NO5S. The van der Waals surface area contributed by atoms with Crippen LogP contribution in [0, 0.1) is 0 Å².